The van der Waals surface area contributed by atoms with Gasteiger partial charge in [0.1, 0.15) is 0 Å². The highest BCUT2D eigenvalue weighted by Crippen LogP contribution is 2.24. The Labute approximate surface area is 94.2 Å². The van der Waals surface area contributed by atoms with E-state index in [1.54, 1.807) is 0 Å². The molecular formula is C12H15I. The van der Waals surface area contributed by atoms with Crippen molar-refractivity contribution in [1.29, 1.82) is 0 Å². The molecule has 0 radical (unpaired) electrons. The Morgan fingerprint density at radius 1 is 1.54 bits per heavy atom. The molecular weight excluding hydrogens is 271 g/mol. The van der Waals surface area contributed by atoms with Gasteiger partial charge < -0.3 is 0 Å². The normalized spacial score (nSPS) is 12.5. The Kier molecular flexibility index (Phi) is 4.50. The highest BCUT2D eigenvalue weighted by atomic mass is 127. The molecule has 0 amide bonds. The molecule has 0 nitrogen and oxygen atoms in total. The topological polar surface area (TPSA) is 0 Å². The Bertz CT molecular complexity index is 278. The summed E-state index contributed by atoms with van der Waals surface area (Å²) >= 11 is 2.36. The zero-order chi connectivity index (χ0) is 9.68. The van der Waals surface area contributed by atoms with E-state index >= 15 is 0 Å². The molecule has 0 N–H and O–H groups in total. The first kappa shape index (κ1) is 10.8. The summed E-state index contributed by atoms with van der Waals surface area (Å²) in [5, 5.41) is 0. The number of allylic oxidation sites excluding steroid dienone is 1. The number of rotatable bonds is 4. The predicted molar refractivity (Wildman–Crippen MR) is 67.0 cm³/mol. The molecule has 0 saturated carbocycles. The fraction of sp³-hybridized carbons (Fsp3) is 0.333. The van der Waals surface area contributed by atoms with Crippen molar-refractivity contribution < 1.29 is 0 Å². The Morgan fingerprint density at radius 2 is 2.31 bits per heavy atom. The molecule has 0 aliphatic rings. The van der Waals surface area contributed by atoms with Gasteiger partial charge in [-0.25, -0.2) is 0 Å². The van der Waals surface area contributed by atoms with Crippen LogP contribution in [0.5, 0.6) is 0 Å². The monoisotopic (exact) mass is 286 g/mol. The summed E-state index contributed by atoms with van der Waals surface area (Å²) in [5.74, 6) is 0.646. The highest BCUT2D eigenvalue weighted by molar-refractivity contribution is 14.1. The maximum Gasteiger partial charge on any atom is 0.0133 e. The molecule has 0 spiro atoms. The third kappa shape index (κ3) is 3.14. The van der Waals surface area contributed by atoms with Gasteiger partial charge in [0.15, 0.2) is 0 Å². The molecule has 1 heteroatoms. The fourth-order valence-corrected chi connectivity index (χ4v) is 2.07. The standard InChI is InChI=1S/C12H15I/c1-3-6-10(4-2)11-7-5-8-12(13)9-11/h3,5,7-10H,1,4,6H2,2H3. The lowest BCUT2D eigenvalue weighted by Gasteiger charge is -2.12. The lowest BCUT2D eigenvalue weighted by atomic mass is 9.93. The maximum absolute atomic E-state index is 3.79. The van der Waals surface area contributed by atoms with Gasteiger partial charge in [0.25, 0.3) is 0 Å². The minimum atomic E-state index is 0.646. The first-order valence-electron chi connectivity index (χ1n) is 4.64. The van der Waals surface area contributed by atoms with Gasteiger partial charge in [-0.3, -0.25) is 0 Å². The van der Waals surface area contributed by atoms with Gasteiger partial charge in [0.05, 0.1) is 0 Å². The quantitative estimate of drug-likeness (QED) is 0.570. The van der Waals surface area contributed by atoms with E-state index in [0.717, 1.165) is 6.42 Å². The van der Waals surface area contributed by atoms with Crippen molar-refractivity contribution in [3.8, 4) is 0 Å². The van der Waals surface area contributed by atoms with E-state index in [2.05, 4.69) is 60.4 Å². The third-order valence-corrected chi connectivity index (χ3v) is 2.94. The van der Waals surface area contributed by atoms with Crippen LogP contribution in [0, 0.1) is 3.57 Å². The van der Waals surface area contributed by atoms with Gasteiger partial charge >= 0.3 is 0 Å². The van der Waals surface area contributed by atoms with Crippen LogP contribution in [0.3, 0.4) is 0 Å². The van der Waals surface area contributed by atoms with Crippen LogP contribution in [0.1, 0.15) is 31.2 Å². The van der Waals surface area contributed by atoms with Crippen molar-refractivity contribution in [2.75, 3.05) is 0 Å². The van der Waals surface area contributed by atoms with Crippen LogP contribution in [0.25, 0.3) is 0 Å². The van der Waals surface area contributed by atoms with Crippen LogP contribution in [-0.2, 0) is 0 Å². The van der Waals surface area contributed by atoms with Gasteiger partial charge in [0, 0.05) is 3.57 Å². The largest absolute Gasteiger partial charge is 0.103 e. The van der Waals surface area contributed by atoms with Gasteiger partial charge in [-0.2, -0.15) is 0 Å². The lowest BCUT2D eigenvalue weighted by molar-refractivity contribution is 0.675. The van der Waals surface area contributed by atoms with Crippen LogP contribution in [0.4, 0.5) is 0 Å². The Hall–Kier alpha value is -0.310. The Balaban J connectivity index is 2.84. The van der Waals surface area contributed by atoms with E-state index in [-0.39, 0.29) is 0 Å². The second-order valence-corrected chi connectivity index (χ2v) is 4.43. The molecule has 0 bridgehead atoms. The molecule has 0 aromatic heterocycles. The van der Waals surface area contributed by atoms with Crippen molar-refractivity contribution in [2.45, 2.75) is 25.7 Å². The summed E-state index contributed by atoms with van der Waals surface area (Å²) in [7, 11) is 0. The molecule has 1 aromatic carbocycles. The SMILES string of the molecule is C=CCC(CC)c1cccc(I)c1. The number of halogens is 1. The molecule has 0 heterocycles. The number of hydrogen-bond acceptors (Lipinski definition) is 0. The molecule has 13 heavy (non-hydrogen) atoms. The zero-order valence-corrected chi connectivity index (χ0v) is 10.1. The van der Waals surface area contributed by atoms with Crippen molar-refractivity contribution in [3.05, 3.63) is 46.1 Å². The van der Waals surface area contributed by atoms with Gasteiger partial charge in [-0.15, -0.1) is 6.58 Å². The molecule has 1 unspecified atom stereocenters. The highest BCUT2D eigenvalue weighted by Gasteiger charge is 2.06. The van der Waals surface area contributed by atoms with Crippen LogP contribution in [0.15, 0.2) is 36.9 Å². The average Bonchev–Trinajstić information content (AvgIpc) is 2.14. The molecule has 1 aromatic rings. The minimum absolute atomic E-state index is 0.646. The summed E-state index contributed by atoms with van der Waals surface area (Å²) in [6.45, 7) is 6.02. The molecule has 0 aliphatic heterocycles. The maximum atomic E-state index is 3.79. The number of benzene rings is 1. The van der Waals surface area contributed by atoms with E-state index in [4.69, 9.17) is 0 Å². The van der Waals surface area contributed by atoms with E-state index in [9.17, 15) is 0 Å². The molecule has 1 atom stereocenters. The first-order valence-corrected chi connectivity index (χ1v) is 5.72. The van der Waals surface area contributed by atoms with Crippen LogP contribution >= 0.6 is 22.6 Å². The summed E-state index contributed by atoms with van der Waals surface area (Å²) < 4.78 is 1.32. The zero-order valence-electron chi connectivity index (χ0n) is 7.96. The van der Waals surface area contributed by atoms with E-state index < -0.39 is 0 Å². The Morgan fingerprint density at radius 3 is 2.85 bits per heavy atom. The van der Waals surface area contributed by atoms with E-state index in [0.29, 0.717) is 5.92 Å². The molecule has 0 saturated heterocycles. The number of hydrogen-bond donors (Lipinski definition) is 0. The lowest BCUT2D eigenvalue weighted by Crippen LogP contribution is -1.95. The van der Waals surface area contributed by atoms with Gasteiger partial charge in [0.2, 0.25) is 0 Å². The summed E-state index contributed by atoms with van der Waals surface area (Å²) in [5.41, 5.74) is 1.44. The van der Waals surface area contributed by atoms with Crippen molar-refractivity contribution in [1.82, 2.24) is 0 Å². The van der Waals surface area contributed by atoms with E-state index in [1.165, 1.54) is 15.6 Å². The van der Waals surface area contributed by atoms with Crippen LogP contribution in [0.2, 0.25) is 0 Å². The van der Waals surface area contributed by atoms with E-state index in [1.807, 2.05) is 6.08 Å². The minimum Gasteiger partial charge on any atom is -0.103 e. The molecule has 0 aliphatic carbocycles. The third-order valence-electron chi connectivity index (χ3n) is 2.26. The smallest absolute Gasteiger partial charge is 0.0133 e. The van der Waals surface area contributed by atoms with Gasteiger partial charge in [-0.1, -0.05) is 25.1 Å². The molecule has 0 fully saturated rings. The van der Waals surface area contributed by atoms with Crippen molar-refractivity contribution >= 4 is 22.6 Å². The average molecular weight is 286 g/mol. The molecule has 1 rings (SSSR count). The summed E-state index contributed by atoms with van der Waals surface area (Å²) in [6, 6.07) is 8.73. The van der Waals surface area contributed by atoms with Gasteiger partial charge in [-0.05, 0) is 59.0 Å². The second kappa shape index (κ2) is 5.43. The van der Waals surface area contributed by atoms with Crippen molar-refractivity contribution in [3.63, 3.8) is 0 Å². The first-order chi connectivity index (χ1) is 6.27. The van der Waals surface area contributed by atoms with Crippen LogP contribution in [-0.4, -0.2) is 0 Å². The fourth-order valence-electron chi connectivity index (χ4n) is 1.50. The summed E-state index contributed by atoms with van der Waals surface area (Å²) in [6.07, 6.45) is 4.27. The van der Waals surface area contributed by atoms with Crippen molar-refractivity contribution in [2.24, 2.45) is 0 Å². The predicted octanol–water partition coefficient (Wildman–Crippen LogP) is 4.36. The van der Waals surface area contributed by atoms with Crippen LogP contribution < -0.4 is 0 Å². The second-order valence-electron chi connectivity index (χ2n) is 3.18. The summed E-state index contributed by atoms with van der Waals surface area (Å²) in [4.78, 5) is 0. The molecule has 70 valence electrons.